The first-order chi connectivity index (χ1) is 7.72. The summed E-state index contributed by atoms with van der Waals surface area (Å²) >= 11 is 1.42. The third-order valence-corrected chi connectivity index (χ3v) is 4.27. The Bertz CT molecular complexity index is 400. The second-order valence-corrected chi connectivity index (χ2v) is 5.72. The Morgan fingerprint density at radius 1 is 1.38 bits per heavy atom. The van der Waals surface area contributed by atoms with Crippen molar-refractivity contribution in [3.63, 3.8) is 0 Å². The van der Waals surface area contributed by atoms with E-state index < -0.39 is 0 Å². The first kappa shape index (κ1) is 11.5. The van der Waals surface area contributed by atoms with E-state index >= 15 is 0 Å². The molecule has 0 N–H and O–H groups in total. The fraction of sp³-hybridized carbons (Fsp3) is 0.538. The lowest BCUT2D eigenvalue weighted by Gasteiger charge is -2.20. The highest BCUT2D eigenvalue weighted by atomic mass is 32.1. The number of ketones is 1. The molecule has 0 unspecified atom stereocenters. The van der Waals surface area contributed by atoms with Gasteiger partial charge in [-0.1, -0.05) is 19.3 Å². The smallest absolute Gasteiger partial charge is 0.167 e. The molecule has 3 heteroatoms. The topological polar surface area (TPSA) is 34.1 Å². The fourth-order valence-electron chi connectivity index (χ4n) is 2.39. The molecular formula is C13H16O2S. The van der Waals surface area contributed by atoms with Gasteiger partial charge in [-0.3, -0.25) is 9.59 Å². The minimum absolute atomic E-state index is 0.196. The number of thiophene rings is 1. The van der Waals surface area contributed by atoms with E-state index in [0.29, 0.717) is 4.88 Å². The van der Waals surface area contributed by atoms with Crippen LogP contribution < -0.4 is 0 Å². The number of carbonyl (C=O) groups excluding carboxylic acids is 2. The van der Waals surface area contributed by atoms with Crippen LogP contribution in [0.5, 0.6) is 0 Å². The molecule has 0 spiro atoms. The molecule has 1 aromatic rings. The molecule has 1 saturated carbocycles. The van der Waals surface area contributed by atoms with Crippen molar-refractivity contribution < 1.29 is 9.59 Å². The van der Waals surface area contributed by atoms with Gasteiger partial charge in [-0.15, -0.1) is 11.3 Å². The lowest BCUT2D eigenvalue weighted by atomic mass is 9.84. The average Bonchev–Trinajstić information content (AvgIpc) is 2.71. The van der Waals surface area contributed by atoms with Gasteiger partial charge in [0.2, 0.25) is 0 Å². The summed E-state index contributed by atoms with van der Waals surface area (Å²) in [5.74, 6) is 0.447. The van der Waals surface area contributed by atoms with Gasteiger partial charge in [-0.25, -0.2) is 0 Å². The molecule has 1 aliphatic carbocycles. The quantitative estimate of drug-likeness (QED) is 0.593. The zero-order valence-corrected chi connectivity index (χ0v) is 10.3. The number of rotatable bonds is 3. The molecule has 0 aliphatic heterocycles. The first-order valence-corrected chi connectivity index (χ1v) is 6.64. The summed E-state index contributed by atoms with van der Waals surface area (Å²) in [6, 6.07) is 1.75. The van der Waals surface area contributed by atoms with Crippen molar-refractivity contribution in [1.29, 1.82) is 0 Å². The highest BCUT2D eigenvalue weighted by Gasteiger charge is 2.24. The van der Waals surface area contributed by atoms with E-state index in [4.69, 9.17) is 0 Å². The van der Waals surface area contributed by atoms with Crippen LogP contribution in [0.1, 0.15) is 57.0 Å². The van der Waals surface area contributed by atoms with Gasteiger partial charge in [0.1, 0.15) is 0 Å². The van der Waals surface area contributed by atoms with Crippen LogP contribution in [-0.2, 0) is 0 Å². The molecule has 0 aromatic carbocycles. The van der Waals surface area contributed by atoms with Gasteiger partial charge in [0.05, 0.1) is 4.88 Å². The average molecular weight is 236 g/mol. The summed E-state index contributed by atoms with van der Waals surface area (Å²) in [5.41, 5.74) is 0.777. The molecule has 1 fully saturated rings. The molecule has 1 aliphatic rings. The van der Waals surface area contributed by atoms with E-state index in [-0.39, 0.29) is 11.7 Å². The number of Topliss-reactive ketones (excluding diaryl/α,β-unsaturated/α-hetero) is 1. The Balaban J connectivity index is 2.18. The van der Waals surface area contributed by atoms with Crippen molar-refractivity contribution in [2.75, 3.05) is 0 Å². The van der Waals surface area contributed by atoms with Gasteiger partial charge in [0.15, 0.2) is 12.1 Å². The van der Waals surface area contributed by atoms with E-state index in [9.17, 15) is 9.59 Å². The molecule has 1 heterocycles. The van der Waals surface area contributed by atoms with Crippen LogP contribution in [0.15, 0.2) is 6.07 Å². The van der Waals surface area contributed by atoms with Crippen LogP contribution in [0.4, 0.5) is 0 Å². The SMILES string of the molecule is Cc1sc(C=O)cc1C(=O)C1CCCCC1. The van der Waals surface area contributed by atoms with Crippen molar-refractivity contribution in [2.24, 2.45) is 5.92 Å². The zero-order valence-electron chi connectivity index (χ0n) is 9.49. The number of aryl methyl sites for hydroxylation is 1. The van der Waals surface area contributed by atoms with Crippen molar-refractivity contribution in [3.05, 3.63) is 21.4 Å². The van der Waals surface area contributed by atoms with E-state index in [0.717, 1.165) is 29.6 Å². The standard InChI is InChI=1S/C13H16O2S/c1-9-12(7-11(8-14)16-9)13(15)10-5-3-2-4-6-10/h7-8,10H,2-6H2,1H3. The highest BCUT2D eigenvalue weighted by molar-refractivity contribution is 7.13. The van der Waals surface area contributed by atoms with Crippen molar-refractivity contribution in [1.82, 2.24) is 0 Å². The monoisotopic (exact) mass is 236 g/mol. The summed E-state index contributed by atoms with van der Waals surface area (Å²) in [6.07, 6.45) is 6.46. The predicted octanol–water partition coefficient (Wildman–Crippen LogP) is 3.63. The Morgan fingerprint density at radius 2 is 2.06 bits per heavy atom. The minimum atomic E-state index is 0.196. The summed E-state index contributed by atoms with van der Waals surface area (Å²) in [5, 5.41) is 0. The van der Waals surface area contributed by atoms with Crippen molar-refractivity contribution in [3.8, 4) is 0 Å². The van der Waals surface area contributed by atoms with Gasteiger partial charge in [-0.05, 0) is 25.8 Å². The number of aldehydes is 1. The van der Waals surface area contributed by atoms with E-state index in [1.165, 1.54) is 30.6 Å². The molecule has 0 radical (unpaired) electrons. The molecule has 0 bridgehead atoms. The van der Waals surface area contributed by atoms with Gasteiger partial charge in [0.25, 0.3) is 0 Å². The molecule has 0 saturated heterocycles. The number of hydrogen-bond donors (Lipinski definition) is 0. The van der Waals surface area contributed by atoms with E-state index in [1.54, 1.807) is 6.07 Å². The van der Waals surface area contributed by atoms with Crippen LogP contribution >= 0.6 is 11.3 Å². The van der Waals surface area contributed by atoms with Gasteiger partial charge < -0.3 is 0 Å². The van der Waals surface area contributed by atoms with E-state index in [1.807, 2.05) is 6.92 Å². The largest absolute Gasteiger partial charge is 0.297 e. The summed E-state index contributed by atoms with van der Waals surface area (Å²) in [4.78, 5) is 24.6. The van der Waals surface area contributed by atoms with E-state index in [2.05, 4.69) is 0 Å². The molecular weight excluding hydrogens is 220 g/mol. The lowest BCUT2D eigenvalue weighted by molar-refractivity contribution is 0.0889. The second kappa shape index (κ2) is 4.91. The first-order valence-electron chi connectivity index (χ1n) is 5.82. The Labute approximate surface area is 99.7 Å². The Morgan fingerprint density at radius 3 is 2.62 bits per heavy atom. The highest BCUT2D eigenvalue weighted by Crippen LogP contribution is 2.30. The van der Waals surface area contributed by atoms with Crippen LogP contribution in [0.2, 0.25) is 0 Å². The van der Waals surface area contributed by atoms with Crippen LogP contribution in [0.3, 0.4) is 0 Å². The maximum Gasteiger partial charge on any atom is 0.167 e. The predicted molar refractivity (Wildman–Crippen MR) is 65.3 cm³/mol. The molecule has 0 amide bonds. The number of hydrogen-bond acceptors (Lipinski definition) is 3. The molecule has 0 atom stereocenters. The molecule has 86 valence electrons. The normalized spacial score (nSPS) is 17.3. The second-order valence-electron chi connectivity index (χ2n) is 4.44. The molecule has 2 nitrogen and oxygen atoms in total. The summed E-state index contributed by atoms with van der Waals surface area (Å²) in [7, 11) is 0. The Kier molecular flexibility index (Phi) is 3.54. The maximum atomic E-state index is 12.2. The minimum Gasteiger partial charge on any atom is -0.297 e. The molecule has 2 rings (SSSR count). The third-order valence-electron chi connectivity index (χ3n) is 3.29. The molecule has 1 aromatic heterocycles. The van der Waals surface area contributed by atoms with Gasteiger partial charge in [0, 0.05) is 16.4 Å². The van der Waals surface area contributed by atoms with Crippen LogP contribution in [-0.4, -0.2) is 12.1 Å². The lowest BCUT2D eigenvalue weighted by Crippen LogP contribution is -2.17. The van der Waals surface area contributed by atoms with Crippen molar-refractivity contribution in [2.45, 2.75) is 39.0 Å². The third kappa shape index (κ3) is 2.24. The van der Waals surface area contributed by atoms with Gasteiger partial charge in [-0.2, -0.15) is 0 Å². The summed E-state index contributed by atoms with van der Waals surface area (Å²) < 4.78 is 0. The van der Waals surface area contributed by atoms with Crippen LogP contribution in [0, 0.1) is 12.8 Å². The zero-order chi connectivity index (χ0) is 11.5. The molecule has 16 heavy (non-hydrogen) atoms. The van der Waals surface area contributed by atoms with Crippen molar-refractivity contribution >= 4 is 23.4 Å². The summed E-state index contributed by atoms with van der Waals surface area (Å²) in [6.45, 7) is 1.92. The van der Waals surface area contributed by atoms with Crippen LogP contribution in [0.25, 0.3) is 0 Å². The fourth-order valence-corrected chi connectivity index (χ4v) is 3.24. The number of carbonyl (C=O) groups is 2. The Hall–Kier alpha value is -0.960. The van der Waals surface area contributed by atoms with Gasteiger partial charge >= 0.3 is 0 Å². The maximum absolute atomic E-state index is 12.2.